The first-order valence-electron chi connectivity index (χ1n) is 50.1. The van der Waals surface area contributed by atoms with Gasteiger partial charge in [0.25, 0.3) is 0 Å². The van der Waals surface area contributed by atoms with Gasteiger partial charge in [0.2, 0.25) is 5.95 Å². The molecule has 16 heteroatoms. The summed E-state index contributed by atoms with van der Waals surface area (Å²) < 4.78 is 14.8. The Hall–Kier alpha value is -19.4. The van der Waals surface area contributed by atoms with Gasteiger partial charge in [0.15, 0.2) is 40.8 Å². The fourth-order valence-electron chi connectivity index (χ4n) is 22.1. The number of thiophene rings is 3. The Labute approximate surface area is 871 Å². The molecule has 0 bridgehead atoms. The standard InChI is InChI=1S/C49H30N4S.C43H26N4S.C42H25N5S/c1-4-14-32(15-5-1)47-50-48(33-16-6-2-7-17-33)52-49(51-47)34-26-24-31(25-27-34)35-28-29-41-40(30-35)43-37-20-10-11-21-38(37)44-39-22-12-13-23-42(39)54-46(44)45(43)53(41)36-18-8-3-9-19-36;1-4-14-27(15-5-1)41-44-42(28-16-6-2-7-17-28)46-43(45-41)29-24-25-35-34(26-29)37-31-20-10-11-21-32(31)38-33-22-12-13-23-36(33)48-40(38)39(37)47(35)30-18-8-3-9-19-30;1-3-12-26(13-4-1)33-25-34(27-14-5-2-6-15-27)46-41(45-33)28-20-21-35-32(24-28)37-29-16-7-8-17-30(29)38-31-18-9-10-19-36(31)48-40(38)39(37)47(35)42-43-22-11-23-44-42/h1-30H;1-26H;1-25H. The van der Waals surface area contributed by atoms with Gasteiger partial charge in [-0.3, -0.25) is 4.57 Å². The molecule has 21 aromatic carbocycles. The van der Waals surface area contributed by atoms with Crippen LogP contribution in [0.4, 0.5) is 0 Å². The second-order valence-electron chi connectivity index (χ2n) is 37.5. The summed E-state index contributed by atoms with van der Waals surface area (Å²) in [5.74, 6) is 5.25. The zero-order valence-electron chi connectivity index (χ0n) is 80.3. The third-order valence-electron chi connectivity index (χ3n) is 28.8. The smallest absolute Gasteiger partial charge is 0.234 e. The summed E-state index contributed by atoms with van der Waals surface area (Å²) >= 11 is 5.60. The van der Waals surface area contributed by atoms with Gasteiger partial charge in [0.05, 0.1) is 58.6 Å². The molecule has 0 aliphatic carbocycles. The summed E-state index contributed by atoms with van der Waals surface area (Å²) in [4.78, 5) is 49.7. The lowest BCUT2D eigenvalue weighted by Crippen LogP contribution is -2.00. The van der Waals surface area contributed by atoms with E-state index >= 15 is 0 Å². The number of fused-ring (bicyclic) bond motifs is 30. The molecule has 0 aliphatic rings. The molecule has 150 heavy (non-hydrogen) atoms. The van der Waals surface area contributed by atoms with Crippen molar-refractivity contribution in [3.05, 3.63) is 492 Å². The third kappa shape index (κ3) is 14.9. The van der Waals surface area contributed by atoms with E-state index in [0.29, 0.717) is 46.7 Å². The second kappa shape index (κ2) is 36.4. The molecule has 0 amide bonds. The Balaban J connectivity index is 0.000000106. The minimum absolute atomic E-state index is 0.646. The molecule has 0 radical (unpaired) electrons. The molecule has 0 N–H and O–H groups in total. The van der Waals surface area contributed by atoms with Crippen LogP contribution in [-0.4, -0.2) is 63.5 Å². The summed E-state index contributed by atoms with van der Waals surface area (Å²) in [6, 6.07) is 168. The first-order chi connectivity index (χ1) is 74.4. The molecular formula is C134H81N13S3. The van der Waals surface area contributed by atoms with Crippen LogP contribution in [0.25, 0.3) is 289 Å². The fourth-order valence-corrected chi connectivity index (χ4v) is 25.8. The molecule has 0 saturated carbocycles. The lowest BCUT2D eigenvalue weighted by atomic mass is 9.97. The van der Waals surface area contributed by atoms with E-state index in [0.717, 1.165) is 106 Å². The van der Waals surface area contributed by atoms with Crippen molar-refractivity contribution in [3.8, 4) is 131 Å². The monoisotopic (exact) mass is 1970 g/mol. The Kier molecular flexibility index (Phi) is 21.2. The maximum absolute atomic E-state index is 5.15. The highest BCUT2D eigenvalue weighted by Crippen LogP contribution is 2.54. The molecular weight excluding hydrogens is 1890 g/mol. The number of hydrogen-bond acceptors (Lipinski definition) is 13. The van der Waals surface area contributed by atoms with E-state index in [4.69, 9.17) is 49.8 Å². The molecule has 0 spiro atoms. The number of benzene rings is 21. The highest BCUT2D eigenvalue weighted by atomic mass is 32.1. The second-order valence-corrected chi connectivity index (χ2v) is 40.6. The SMILES string of the molecule is c1ccc(-c2cc(-c3ccccc3)nc(-c3ccc4c(c3)c3c5ccccc5c5c6ccccc6sc5c3n4-c3ncccn3)n2)cc1.c1ccc(-c2nc(-c3ccccc3)nc(-c3ccc(-c4ccc5c(c4)c4c6ccccc6c6c7ccccc7sc6c4n5-c4ccccc4)cc3)n2)cc1.c1ccc(-c2nc(-c3ccccc3)nc(-c3ccc4c(c3)c3c5ccccc5c5c6ccccc6sc5c3n4-c3ccccc3)n2)cc1. The van der Waals surface area contributed by atoms with Gasteiger partial charge in [-0.2, -0.15) is 0 Å². The van der Waals surface area contributed by atoms with Crippen molar-refractivity contribution in [3.63, 3.8) is 0 Å². The van der Waals surface area contributed by atoms with Gasteiger partial charge in [-0.05, 0) is 147 Å². The van der Waals surface area contributed by atoms with Gasteiger partial charge >= 0.3 is 0 Å². The van der Waals surface area contributed by atoms with Crippen LogP contribution >= 0.6 is 34.0 Å². The van der Waals surface area contributed by atoms with Gasteiger partial charge in [0, 0.05) is 153 Å². The van der Waals surface area contributed by atoms with Gasteiger partial charge in [-0.25, -0.2) is 49.8 Å². The molecule has 31 aromatic rings. The van der Waals surface area contributed by atoms with E-state index in [9.17, 15) is 0 Å². The summed E-state index contributed by atoms with van der Waals surface area (Å²) in [6.07, 6.45) is 3.62. The predicted octanol–water partition coefficient (Wildman–Crippen LogP) is 35.5. The molecule has 0 aliphatic heterocycles. The Morgan fingerprint density at radius 2 is 0.400 bits per heavy atom. The van der Waals surface area contributed by atoms with Crippen LogP contribution in [0.5, 0.6) is 0 Å². The third-order valence-corrected chi connectivity index (χ3v) is 32.3. The minimum Gasteiger partial charge on any atom is -0.308 e. The van der Waals surface area contributed by atoms with E-state index in [1.165, 1.54) is 136 Å². The average Bonchev–Trinajstić information content (AvgIpc) is 1.54. The first-order valence-corrected chi connectivity index (χ1v) is 52.5. The van der Waals surface area contributed by atoms with Crippen molar-refractivity contribution in [2.45, 2.75) is 0 Å². The number of aromatic nitrogens is 13. The minimum atomic E-state index is 0.646. The van der Waals surface area contributed by atoms with E-state index in [1.807, 2.05) is 210 Å². The highest BCUT2D eigenvalue weighted by molar-refractivity contribution is 7.28. The normalized spacial score (nSPS) is 11.7. The van der Waals surface area contributed by atoms with Gasteiger partial charge in [-0.15, -0.1) is 34.0 Å². The Morgan fingerprint density at radius 1 is 0.160 bits per heavy atom. The molecule has 0 saturated heterocycles. The number of hydrogen-bond donors (Lipinski definition) is 0. The number of nitrogens with zero attached hydrogens (tertiary/aromatic N) is 13. The molecule has 0 unspecified atom stereocenters. The lowest BCUT2D eigenvalue weighted by Gasteiger charge is -2.10. The van der Waals surface area contributed by atoms with Crippen LogP contribution in [0.2, 0.25) is 0 Å². The molecule has 0 fully saturated rings. The van der Waals surface area contributed by atoms with Gasteiger partial charge in [0.1, 0.15) is 0 Å². The Bertz CT molecular complexity index is 10200. The molecule has 700 valence electrons. The Morgan fingerprint density at radius 3 is 0.740 bits per heavy atom. The average molecular weight is 1970 g/mol. The summed E-state index contributed by atoms with van der Waals surface area (Å²) in [6.45, 7) is 0. The predicted molar refractivity (Wildman–Crippen MR) is 626 cm³/mol. The zero-order chi connectivity index (χ0) is 98.8. The lowest BCUT2D eigenvalue weighted by molar-refractivity contribution is 0.991. The summed E-state index contributed by atoms with van der Waals surface area (Å²) in [7, 11) is 0. The maximum atomic E-state index is 5.15. The van der Waals surface area contributed by atoms with E-state index in [-0.39, 0.29) is 0 Å². The number of para-hydroxylation sites is 2. The van der Waals surface area contributed by atoms with Crippen LogP contribution < -0.4 is 0 Å². The topological polar surface area (TPSA) is 144 Å². The van der Waals surface area contributed by atoms with E-state index < -0.39 is 0 Å². The molecule has 13 nitrogen and oxygen atoms in total. The quantitative estimate of drug-likeness (QED) is 0.109. The fraction of sp³-hybridized carbons (Fsp3) is 0. The van der Waals surface area contributed by atoms with Gasteiger partial charge in [-0.1, -0.05) is 376 Å². The van der Waals surface area contributed by atoms with Crippen molar-refractivity contribution < 1.29 is 0 Å². The highest BCUT2D eigenvalue weighted by Gasteiger charge is 2.30. The van der Waals surface area contributed by atoms with Crippen molar-refractivity contribution in [1.29, 1.82) is 0 Å². The van der Waals surface area contributed by atoms with Crippen LogP contribution in [-0.2, 0) is 0 Å². The summed E-state index contributed by atoms with van der Waals surface area (Å²) in [5.41, 5.74) is 22.1. The van der Waals surface area contributed by atoms with Crippen molar-refractivity contribution in [1.82, 2.24) is 63.5 Å². The van der Waals surface area contributed by atoms with E-state index in [2.05, 4.69) is 329 Å². The van der Waals surface area contributed by atoms with Crippen LogP contribution in [0.1, 0.15) is 0 Å². The van der Waals surface area contributed by atoms with Crippen LogP contribution in [0, 0.1) is 0 Å². The van der Waals surface area contributed by atoms with Crippen LogP contribution in [0.3, 0.4) is 0 Å². The van der Waals surface area contributed by atoms with Crippen LogP contribution in [0.15, 0.2) is 492 Å². The molecule has 0 atom stereocenters. The van der Waals surface area contributed by atoms with Gasteiger partial charge < -0.3 is 9.13 Å². The van der Waals surface area contributed by atoms with Crippen molar-refractivity contribution in [2.24, 2.45) is 0 Å². The summed E-state index contributed by atoms with van der Waals surface area (Å²) in [5, 5.41) is 22.5. The largest absolute Gasteiger partial charge is 0.308 e. The molecule has 10 heterocycles. The number of rotatable bonds is 13. The maximum Gasteiger partial charge on any atom is 0.234 e. The van der Waals surface area contributed by atoms with Crippen molar-refractivity contribution in [2.75, 3.05) is 0 Å². The zero-order valence-corrected chi connectivity index (χ0v) is 82.8. The molecule has 10 aromatic heterocycles. The first kappa shape index (κ1) is 87.2. The van der Waals surface area contributed by atoms with Crippen molar-refractivity contribution >= 4 is 192 Å². The molecule has 31 rings (SSSR count). The van der Waals surface area contributed by atoms with E-state index in [1.54, 1.807) is 0 Å².